The molecule has 236 valence electrons. The zero-order chi connectivity index (χ0) is 33.0. The molecule has 3 nitrogen and oxygen atoms in total. The molecule has 0 atom stereocenters. The lowest BCUT2D eigenvalue weighted by Gasteiger charge is -2.34. The first-order valence-electron chi connectivity index (χ1n) is 16.7. The van der Waals surface area contributed by atoms with E-state index in [1.807, 2.05) is 11.3 Å². The minimum Gasteiger partial charge on any atom is -0.308 e. The maximum absolute atomic E-state index is 5.20. The van der Waals surface area contributed by atoms with Crippen molar-refractivity contribution in [2.45, 2.75) is 0 Å². The van der Waals surface area contributed by atoms with Crippen molar-refractivity contribution in [1.29, 1.82) is 0 Å². The lowest BCUT2D eigenvalue weighted by molar-refractivity contribution is 1.25. The molecule has 0 saturated carbocycles. The van der Waals surface area contributed by atoms with Crippen molar-refractivity contribution < 1.29 is 0 Å². The summed E-state index contributed by atoms with van der Waals surface area (Å²) in [7, 11) is 0. The second-order valence-corrected chi connectivity index (χ2v) is 14.5. The number of para-hydroxylation sites is 4. The third-order valence-electron chi connectivity index (χ3n) is 9.42. The van der Waals surface area contributed by atoms with Gasteiger partial charge in [0.15, 0.2) is 0 Å². The van der Waals surface area contributed by atoms with E-state index in [4.69, 9.17) is 4.98 Å². The average Bonchev–Trinajstić information content (AvgIpc) is 3.74. The number of rotatable bonds is 6. The lowest BCUT2D eigenvalue weighted by atomic mass is 10.0. The molecule has 0 radical (unpaired) electrons. The van der Waals surface area contributed by atoms with Crippen LogP contribution in [0.3, 0.4) is 0 Å². The molecule has 0 aliphatic rings. The number of benzene rings is 7. The van der Waals surface area contributed by atoms with Crippen molar-refractivity contribution >= 4 is 108 Å². The van der Waals surface area contributed by atoms with Gasteiger partial charge in [-0.25, -0.2) is 4.98 Å². The molecule has 10 aromatic rings. The maximum atomic E-state index is 5.20. The second-order valence-electron chi connectivity index (χ2n) is 12.4. The summed E-state index contributed by atoms with van der Waals surface area (Å²) in [5.74, 6) is 0. The summed E-state index contributed by atoms with van der Waals surface area (Å²) in [5.41, 5.74) is 7.65. The first kappa shape index (κ1) is 29.0. The number of pyridine rings is 1. The molecule has 5 heteroatoms. The van der Waals surface area contributed by atoms with Crippen molar-refractivity contribution in [1.82, 2.24) is 4.98 Å². The first-order chi connectivity index (χ1) is 24.8. The van der Waals surface area contributed by atoms with Gasteiger partial charge >= 0.3 is 0 Å². The number of hydrogen-bond donors (Lipinski definition) is 0. The van der Waals surface area contributed by atoms with Crippen LogP contribution in [-0.2, 0) is 0 Å². The summed E-state index contributed by atoms with van der Waals surface area (Å²) >= 11 is 3.62. The van der Waals surface area contributed by atoms with E-state index >= 15 is 0 Å². The highest BCUT2D eigenvalue weighted by atomic mass is 32.1. The van der Waals surface area contributed by atoms with Crippen LogP contribution >= 0.6 is 22.7 Å². The topological polar surface area (TPSA) is 19.4 Å². The smallest absolute Gasteiger partial charge is 0.125 e. The van der Waals surface area contributed by atoms with E-state index < -0.39 is 0 Å². The van der Waals surface area contributed by atoms with E-state index in [1.165, 1.54) is 30.3 Å². The Kier molecular flexibility index (Phi) is 6.86. The summed E-state index contributed by atoms with van der Waals surface area (Å²) < 4.78 is 3.75. The second kappa shape index (κ2) is 11.8. The molecule has 0 N–H and O–H groups in total. The molecule has 0 aliphatic heterocycles. The number of nitrogens with zero attached hydrogens (tertiary/aromatic N) is 3. The van der Waals surface area contributed by atoms with E-state index in [-0.39, 0.29) is 0 Å². The summed E-state index contributed by atoms with van der Waals surface area (Å²) in [4.78, 5) is 11.1. The monoisotopic (exact) mass is 675 g/mol. The Hall–Kier alpha value is -6.01. The Morgan fingerprint density at radius 1 is 0.420 bits per heavy atom. The highest BCUT2D eigenvalue weighted by Crippen LogP contribution is 2.54. The molecule has 0 amide bonds. The Morgan fingerprint density at radius 2 is 1.04 bits per heavy atom. The van der Waals surface area contributed by atoms with Crippen LogP contribution < -0.4 is 9.80 Å². The number of hydrogen-bond acceptors (Lipinski definition) is 5. The maximum Gasteiger partial charge on any atom is 0.125 e. The lowest BCUT2D eigenvalue weighted by Crippen LogP contribution is -2.17. The number of aromatic nitrogens is 1. The number of anilines is 6. The van der Waals surface area contributed by atoms with Gasteiger partial charge in [-0.1, -0.05) is 103 Å². The fourth-order valence-corrected chi connectivity index (χ4v) is 9.50. The predicted octanol–water partition coefficient (Wildman–Crippen LogP) is 13.9. The van der Waals surface area contributed by atoms with Crippen LogP contribution in [0.4, 0.5) is 34.1 Å². The van der Waals surface area contributed by atoms with Gasteiger partial charge in [-0.15, -0.1) is 22.7 Å². The summed E-state index contributed by atoms with van der Waals surface area (Å²) in [5, 5.41) is 6.04. The van der Waals surface area contributed by atoms with Crippen molar-refractivity contribution in [2.75, 3.05) is 9.80 Å². The van der Waals surface area contributed by atoms with Gasteiger partial charge in [0.1, 0.15) is 4.83 Å². The third-order valence-corrected chi connectivity index (χ3v) is 11.7. The van der Waals surface area contributed by atoms with Gasteiger partial charge in [0.2, 0.25) is 0 Å². The minimum atomic E-state index is 1.01. The summed E-state index contributed by atoms with van der Waals surface area (Å²) in [6, 6.07) is 63.1. The molecule has 0 bridgehead atoms. The van der Waals surface area contributed by atoms with Crippen LogP contribution in [0.25, 0.3) is 51.4 Å². The Balaban J connectivity index is 1.37. The van der Waals surface area contributed by atoms with E-state index in [1.54, 1.807) is 11.3 Å². The Morgan fingerprint density at radius 3 is 1.78 bits per heavy atom. The van der Waals surface area contributed by atoms with E-state index in [2.05, 4.69) is 186 Å². The molecule has 0 fully saturated rings. The highest BCUT2D eigenvalue weighted by molar-refractivity contribution is 7.26. The van der Waals surface area contributed by atoms with Crippen molar-refractivity contribution in [2.24, 2.45) is 0 Å². The van der Waals surface area contributed by atoms with Crippen LogP contribution in [0, 0.1) is 0 Å². The zero-order valence-electron chi connectivity index (χ0n) is 26.9. The van der Waals surface area contributed by atoms with Crippen LogP contribution in [0.2, 0.25) is 0 Å². The van der Waals surface area contributed by atoms with Gasteiger partial charge in [-0.3, -0.25) is 0 Å². The van der Waals surface area contributed by atoms with Gasteiger partial charge in [0, 0.05) is 53.4 Å². The van der Waals surface area contributed by atoms with Crippen molar-refractivity contribution in [3.8, 4) is 0 Å². The fraction of sp³-hybridized carbons (Fsp3) is 0. The quantitative estimate of drug-likeness (QED) is 0.175. The normalized spacial score (nSPS) is 11.6. The Bertz CT molecular complexity index is 2790. The van der Waals surface area contributed by atoms with E-state index in [9.17, 15) is 0 Å². The van der Waals surface area contributed by atoms with Gasteiger partial charge in [-0.2, -0.15) is 0 Å². The molecule has 50 heavy (non-hydrogen) atoms. The molecule has 3 aromatic heterocycles. The molecule has 0 unspecified atom stereocenters. The molecule has 10 rings (SSSR count). The first-order valence-corrected chi connectivity index (χ1v) is 18.4. The molecule has 0 aliphatic carbocycles. The summed E-state index contributed by atoms with van der Waals surface area (Å²) in [6.45, 7) is 0. The standard InChI is InChI=1S/C45H29N3S2/c1-4-16-31(17-5-1)47(32-18-6-2-7-19-32)43-38(27-28-41-42(43)36-29-30-15-10-12-24-37(30)46-45(36)50-41)48(33-20-8-3-9-21-33)39-25-14-23-35-34-22-11-13-26-40(34)49-44(35)39/h1-29H. The largest absolute Gasteiger partial charge is 0.308 e. The van der Waals surface area contributed by atoms with Crippen LogP contribution in [0.1, 0.15) is 0 Å². The zero-order valence-corrected chi connectivity index (χ0v) is 28.5. The third kappa shape index (κ3) is 4.66. The SMILES string of the molecule is c1ccc(N(c2ccc3sc4nc5ccccc5cc4c3c2N(c2ccccc2)c2ccccc2)c2cccc3c2sc2ccccc23)cc1. The van der Waals surface area contributed by atoms with Gasteiger partial charge in [-0.05, 0) is 72.8 Å². The molecule has 0 spiro atoms. The van der Waals surface area contributed by atoms with Crippen LogP contribution in [-0.4, -0.2) is 4.98 Å². The van der Waals surface area contributed by atoms with E-state index in [0.717, 1.165) is 55.2 Å². The van der Waals surface area contributed by atoms with E-state index in [0.29, 0.717) is 0 Å². The minimum absolute atomic E-state index is 1.01. The highest BCUT2D eigenvalue weighted by Gasteiger charge is 2.28. The molecular formula is C45H29N3S2. The number of thiophene rings is 2. The molecule has 3 heterocycles. The fourth-order valence-electron chi connectivity index (χ4n) is 7.23. The van der Waals surface area contributed by atoms with Gasteiger partial charge < -0.3 is 9.80 Å². The van der Waals surface area contributed by atoms with Crippen molar-refractivity contribution in [3.05, 3.63) is 176 Å². The Labute approximate surface area is 297 Å². The van der Waals surface area contributed by atoms with Crippen LogP contribution in [0.15, 0.2) is 176 Å². The van der Waals surface area contributed by atoms with Gasteiger partial charge in [0.05, 0.1) is 27.3 Å². The van der Waals surface area contributed by atoms with Crippen LogP contribution in [0.5, 0.6) is 0 Å². The molecule has 7 aromatic carbocycles. The van der Waals surface area contributed by atoms with Gasteiger partial charge in [0.25, 0.3) is 0 Å². The number of fused-ring (bicyclic) bond motifs is 7. The summed E-state index contributed by atoms with van der Waals surface area (Å²) in [6.07, 6.45) is 0. The predicted molar refractivity (Wildman–Crippen MR) is 217 cm³/mol. The molecular weight excluding hydrogens is 647 g/mol. The molecule has 0 saturated heterocycles. The van der Waals surface area contributed by atoms with Crippen molar-refractivity contribution in [3.63, 3.8) is 0 Å². The average molecular weight is 676 g/mol.